The summed E-state index contributed by atoms with van der Waals surface area (Å²) in [4.78, 5) is 3.84. The van der Waals surface area contributed by atoms with E-state index in [9.17, 15) is 0 Å². The molecule has 0 atom stereocenters. The van der Waals surface area contributed by atoms with E-state index in [1.807, 2.05) is 18.2 Å². The highest BCUT2D eigenvalue weighted by Gasteiger charge is 2.52. The van der Waals surface area contributed by atoms with Crippen LogP contribution in [0, 0.1) is 0 Å². The second-order valence-electron chi connectivity index (χ2n) is 7.35. The number of hydrogen-bond donors (Lipinski definition) is 2. The van der Waals surface area contributed by atoms with Gasteiger partial charge in [-0.15, -0.1) is 0 Å². The van der Waals surface area contributed by atoms with Gasteiger partial charge in [0.2, 0.25) is 0 Å². The van der Waals surface area contributed by atoms with E-state index in [1.165, 1.54) is 0 Å². The lowest BCUT2D eigenvalue weighted by Crippen LogP contribution is -2.86. The lowest BCUT2D eigenvalue weighted by molar-refractivity contribution is -0.538. The van der Waals surface area contributed by atoms with Gasteiger partial charge in [0.15, 0.2) is 0 Å². The number of anilines is 1. The molecule has 0 spiro atoms. The highest BCUT2D eigenvalue weighted by molar-refractivity contribution is 9.11. The molecule has 0 bridgehead atoms. The Morgan fingerprint density at radius 3 is 1.77 bits per heavy atom. The normalized spacial score (nSPS) is 14.8. The average Bonchev–Trinajstić information content (AvgIpc) is 3.22. The third kappa shape index (κ3) is 3.58. The minimum absolute atomic E-state index is 0.649. The van der Waals surface area contributed by atoms with Crippen molar-refractivity contribution in [2.75, 3.05) is 5.01 Å². The molecule has 1 aliphatic rings. The lowest BCUT2D eigenvalue weighted by Gasteiger charge is -2.33. The number of hydrazine groups is 1. The van der Waals surface area contributed by atoms with Gasteiger partial charge in [0.25, 0.3) is 5.66 Å². The van der Waals surface area contributed by atoms with E-state index in [-0.39, 0.29) is 0 Å². The summed E-state index contributed by atoms with van der Waals surface area (Å²) in [6.07, 6.45) is 0. The van der Waals surface area contributed by atoms with Crippen LogP contribution in [0.4, 0.5) is 5.69 Å². The molecule has 31 heavy (non-hydrogen) atoms. The van der Waals surface area contributed by atoms with Crippen molar-refractivity contribution in [2.24, 2.45) is 0 Å². The summed E-state index contributed by atoms with van der Waals surface area (Å²) in [5.74, 6) is 0.947. The van der Waals surface area contributed by atoms with Gasteiger partial charge in [-0.1, -0.05) is 94.8 Å². The highest BCUT2D eigenvalue weighted by Crippen LogP contribution is 2.38. The van der Waals surface area contributed by atoms with Crippen molar-refractivity contribution >= 4 is 43.4 Å². The number of nitrogens with one attached hydrogen (secondary N) is 2. The quantitative estimate of drug-likeness (QED) is 0.388. The monoisotopic (exact) mass is 532 g/mol. The van der Waals surface area contributed by atoms with Crippen LogP contribution in [0.15, 0.2) is 118 Å². The maximum atomic E-state index is 3.84. The van der Waals surface area contributed by atoms with Gasteiger partial charge in [0, 0.05) is 20.1 Å². The molecule has 0 radical (unpaired) electrons. The Kier molecular flexibility index (Phi) is 5.38. The zero-order valence-corrected chi connectivity index (χ0v) is 19.8. The molecule has 4 aromatic rings. The standard InChI is InChI=1S/C26H19Br2N3/c27-22-16-17-24(23(28)18-22)31-26(20-12-6-2-7-13-20,21-14-8-3-9-15-21)29-25(30-31)19-10-4-1-5-11-19/h1-18H,(H,29,30)/p+1. The summed E-state index contributed by atoms with van der Waals surface area (Å²) in [5.41, 5.74) is 7.40. The van der Waals surface area contributed by atoms with Crippen LogP contribution in [0.5, 0.6) is 0 Å². The van der Waals surface area contributed by atoms with E-state index in [0.29, 0.717) is 0 Å². The van der Waals surface area contributed by atoms with Gasteiger partial charge in [0.05, 0.1) is 11.3 Å². The molecular formula is C26H20Br2N3+. The Labute approximate surface area is 198 Å². The fourth-order valence-corrected chi connectivity index (χ4v) is 5.26. The van der Waals surface area contributed by atoms with Gasteiger partial charge in [0.1, 0.15) is 0 Å². The van der Waals surface area contributed by atoms with Crippen LogP contribution >= 0.6 is 31.9 Å². The second-order valence-corrected chi connectivity index (χ2v) is 9.12. The highest BCUT2D eigenvalue weighted by atomic mass is 79.9. The average molecular weight is 534 g/mol. The first-order valence-electron chi connectivity index (χ1n) is 10.0. The first kappa shape index (κ1) is 20.0. The molecule has 3 nitrogen and oxygen atoms in total. The molecule has 0 unspecified atom stereocenters. The largest absolute Gasteiger partial charge is 0.301 e. The molecule has 0 amide bonds. The fourth-order valence-electron chi connectivity index (χ4n) is 4.03. The number of nitrogens with zero attached hydrogens (tertiary/aromatic N) is 1. The number of benzene rings is 4. The van der Waals surface area contributed by atoms with Gasteiger partial charge in [-0.05, 0) is 46.3 Å². The van der Waals surface area contributed by atoms with Gasteiger partial charge in [-0.25, -0.2) is 4.99 Å². The van der Waals surface area contributed by atoms with Crippen LogP contribution < -0.4 is 15.4 Å². The van der Waals surface area contributed by atoms with E-state index in [2.05, 4.69) is 138 Å². The molecule has 152 valence electrons. The van der Waals surface area contributed by atoms with E-state index >= 15 is 0 Å². The Morgan fingerprint density at radius 1 is 0.677 bits per heavy atom. The van der Waals surface area contributed by atoms with Crippen LogP contribution in [0.1, 0.15) is 16.7 Å². The summed E-state index contributed by atoms with van der Waals surface area (Å²) in [6.45, 7) is 0. The maximum absolute atomic E-state index is 3.84. The smallest absolute Gasteiger partial charge is 0.238 e. The van der Waals surface area contributed by atoms with Crippen molar-refractivity contribution in [2.45, 2.75) is 5.66 Å². The van der Waals surface area contributed by atoms with Crippen molar-refractivity contribution in [3.8, 4) is 0 Å². The van der Waals surface area contributed by atoms with Crippen LogP contribution in [-0.2, 0) is 5.66 Å². The summed E-state index contributed by atoms with van der Waals surface area (Å²) < 4.78 is 2.01. The van der Waals surface area contributed by atoms with Crippen molar-refractivity contribution in [3.63, 3.8) is 0 Å². The van der Waals surface area contributed by atoms with Gasteiger partial charge >= 0.3 is 5.84 Å². The van der Waals surface area contributed by atoms with Crippen LogP contribution in [0.3, 0.4) is 0 Å². The van der Waals surface area contributed by atoms with Crippen LogP contribution in [0.2, 0.25) is 0 Å². The van der Waals surface area contributed by atoms with E-state index in [4.69, 9.17) is 0 Å². The van der Waals surface area contributed by atoms with E-state index in [0.717, 1.165) is 37.2 Å². The molecule has 0 saturated heterocycles. The van der Waals surface area contributed by atoms with Crippen molar-refractivity contribution in [1.82, 2.24) is 5.43 Å². The molecule has 5 rings (SSSR count). The number of hydrogen-bond acceptors (Lipinski definition) is 2. The van der Waals surface area contributed by atoms with Crippen molar-refractivity contribution < 1.29 is 4.99 Å². The number of rotatable bonds is 4. The zero-order valence-electron chi connectivity index (χ0n) is 16.6. The maximum Gasteiger partial charge on any atom is 0.301 e. The molecule has 5 heteroatoms. The van der Waals surface area contributed by atoms with E-state index in [1.54, 1.807) is 0 Å². The van der Waals surface area contributed by atoms with Gasteiger partial charge in [-0.2, -0.15) is 10.4 Å². The Morgan fingerprint density at radius 2 is 1.23 bits per heavy atom. The minimum atomic E-state index is -0.649. The third-order valence-corrected chi connectivity index (χ3v) is 6.59. The second kappa shape index (κ2) is 8.33. The predicted octanol–water partition coefficient (Wildman–Crippen LogP) is 4.96. The minimum Gasteiger partial charge on any atom is -0.238 e. The summed E-state index contributed by atoms with van der Waals surface area (Å²) in [6, 6.07) is 37.7. The third-order valence-electron chi connectivity index (χ3n) is 5.46. The summed E-state index contributed by atoms with van der Waals surface area (Å²) >= 11 is 7.36. The molecule has 0 saturated carbocycles. The first-order valence-corrected chi connectivity index (χ1v) is 11.6. The molecule has 1 heterocycles. The molecule has 0 aromatic heterocycles. The van der Waals surface area contributed by atoms with Crippen molar-refractivity contribution in [3.05, 3.63) is 135 Å². The van der Waals surface area contributed by atoms with Crippen LogP contribution in [-0.4, -0.2) is 5.84 Å². The summed E-state index contributed by atoms with van der Waals surface area (Å²) in [5, 5.41) is 2.20. The van der Waals surface area contributed by atoms with Gasteiger partial charge in [-0.3, -0.25) is 0 Å². The number of amidine groups is 1. The molecule has 0 aliphatic carbocycles. The zero-order chi connectivity index (χ0) is 21.3. The molecule has 0 fully saturated rings. The Bertz CT molecular complexity index is 1190. The predicted molar refractivity (Wildman–Crippen MR) is 133 cm³/mol. The molecule has 2 N–H and O–H groups in total. The lowest BCUT2D eigenvalue weighted by atomic mass is 9.90. The first-order chi connectivity index (χ1) is 15.2. The SMILES string of the molecule is Brc1ccc(N2NC(c3ccccc3)=[NH+]C2(c2ccccc2)c2ccccc2)c(Br)c1. The van der Waals surface area contributed by atoms with Crippen LogP contribution in [0.25, 0.3) is 0 Å². The molecule has 1 aliphatic heterocycles. The fraction of sp³-hybridized carbons (Fsp3) is 0.0385. The molecular weight excluding hydrogens is 514 g/mol. The number of halogens is 2. The Hall–Kier alpha value is -2.89. The van der Waals surface area contributed by atoms with Crippen molar-refractivity contribution in [1.29, 1.82) is 0 Å². The van der Waals surface area contributed by atoms with E-state index < -0.39 is 5.66 Å². The summed E-state index contributed by atoms with van der Waals surface area (Å²) in [7, 11) is 0. The van der Waals surface area contributed by atoms with Gasteiger partial charge < -0.3 is 0 Å². The molecule has 4 aromatic carbocycles. The Balaban J connectivity index is 1.80. The topological polar surface area (TPSA) is 29.2 Å².